The lowest BCUT2D eigenvalue weighted by Crippen LogP contribution is -2.58. The van der Waals surface area contributed by atoms with E-state index < -0.39 is 53.8 Å². The number of hydrogen-bond donors (Lipinski definition) is 5. The highest BCUT2D eigenvalue weighted by Crippen LogP contribution is 2.58. The number of carboxylic acid groups (broad SMARTS) is 1. The number of aliphatic hydroxyl groups excluding tert-OH is 4. The van der Waals surface area contributed by atoms with Gasteiger partial charge in [0.25, 0.3) is 0 Å². The first-order valence-corrected chi connectivity index (χ1v) is 8.94. The Hall–Kier alpha value is -1.26. The molecule has 1 aliphatic carbocycles. The molecule has 2 aliphatic rings. The molecule has 0 amide bonds. The molecule has 148 valence electrons. The third-order valence-corrected chi connectivity index (χ3v) is 6.01. The molecule has 0 spiro atoms. The van der Waals surface area contributed by atoms with Gasteiger partial charge in [-0.25, -0.2) is 0 Å². The minimum atomic E-state index is -1.78. The highest BCUT2D eigenvalue weighted by molar-refractivity contribution is 6.42. The number of rotatable bonds is 5. The zero-order valence-corrected chi connectivity index (χ0v) is 15.3. The first-order valence-electron chi connectivity index (χ1n) is 8.19. The van der Waals surface area contributed by atoms with Crippen LogP contribution in [0.1, 0.15) is 23.2 Å². The standard InChI is InChI=1S/C17H18Cl2O8/c18-8-2-1-6(3-9(8)19)11(20)7-4-17(7,16(25)26)5-10-12(21)13(22)14(23)15(24)27-10/h1-3,7,10,12-15,21-24H,4-5H2,(H,25,26)/t7-,10-,12+,13+,14-,15+,17+/m1/s1. The molecule has 0 unspecified atom stereocenters. The van der Waals surface area contributed by atoms with Gasteiger partial charge in [0, 0.05) is 11.5 Å². The Labute approximate surface area is 163 Å². The van der Waals surface area contributed by atoms with Gasteiger partial charge in [-0.1, -0.05) is 23.2 Å². The van der Waals surface area contributed by atoms with Gasteiger partial charge in [-0.05, 0) is 31.0 Å². The van der Waals surface area contributed by atoms with Gasteiger partial charge in [0.05, 0.1) is 21.6 Å². The lowest BCUT2D eigenvalue weighted by molar-refractivity contribution is -0.284. The van der Waals surface area contributed by atoms with Crippen LogP contribution in [0.15, 0.2) is 18.2 Å². The van der Waals surface area contributed by atoms with Crippen molar-refractivity contribution in [1.29, 1.82) is 0 Å². The highest BCUT2D eigenvalue weighted by atomic mass is 35.5. The third kappa shape index (κ3) is 3.58. The third-order valence-electron chi connectivity index (χ3n) is 5.27. The van der Waals surface area contributed by atoms with Crippen LogP contribution in [0, 0.1) is 11.3 Å². The van der Waals surface area contributed by atoms with E-state index in [1.54, 1.807) is 0 Å². The molecule has 27 heavy (non-hydrogen) atoms. The quantitative estimate of drug-likeness (QED) is 0.432. The number of carbonyl (C=O) groups is 2. The number of hydrogen-bond acceptors (Lipinski definition) is 7. The molecule has 1 aromatic carbocycles. The normalized spacial score (nSPS) is 38.4. The number of aliphatic hydroxyl groups is 4. The minimum Gasteiger partial charge on any atom is -0.481 e. The zero-order chi connectivity index (χ0) is 20.1. The van der Waals surface area contributed by atoms with Gasteiger partial charge in [-0.2, -0.15) is 0 Å². The molecule has 1 heterocycles. The molecule has 0 aromatic heterocycles. The van der Waals surface area contributed by atoms with E-state index in [0.29, 0.717) is 0 Å². The van der Waals surface area contributed by atoms with Crippen molar-refractivity contribution in [3.8, 4) is 0 Å². The predicted octanol–water partition coefficient (Wildman–Crippen LogP) is 0.457. The molecule has 0 bridgehead atoms. The van der Waals surface area contributed by atoms with Crippen molar-refractivity contribution in [3.63, 3.8) is 0 Å². The van der Waals surface area contributed by atoms with Crippen LogP contribution in [0.25, 0.3) is 0 Å². The van der Waals surface area contributed by atoms with Crippen LogP contribution in [0.4, 0.5) is 0 Å². The van der Waals surface area contributed by atoms with E-state index in [4.69, 9.17) is 27.9 Å². The molecule has 10 heteroatoms. The van der Waals surface area contributed by atoms with Crippen molar-refractivity contribution in [2.75, 3.05) is 0 Å². The second-order valence-corrected chi connectivity index (χ2v) is 7.77. The van der Waals surface area contributed by atoms with E-state index in [9.17, 15) is 35.1 Å². The van der Waals surface area contributed by atoms with E-state index in [1.165, 1.54) is 18.2 Å². The van der Waals surface area contributed by atoms with Gasteiger partial charge in [-0.15, -0.1) is 0 Å². The Kier molecular flexibility index (Phi) is 5.53. The molecule has 2 fully saturated rings. The van der Waals surface area contributed by atoms with Crippen molar-refractivity contribution >= 4 is 35.0 Å². The summed E-state index contributed by atoms with van der Waals surface area (Å²) in [5.41, 5.74) is -1.31. The Morgan fingerprint density at radius 1 is 1.07 bits per heavy atom. The maximum atomic E-state index is 12.7. The maximum absolute atomic E-state index is 12.7. The summed E-state index contributed by atoms with van der Waals surface area (Å²) in [6.45, 7) is 0. The van der Waals surface area contributed by atoms with Crippen molar-refractivity contribution in [2.45, 2.75) is 43.5 Å². The first-order chi connectivity index (χ1) is 12.6. The van der Waals surface area contributed by atoms with Crippen molar-refractivity contribution < 1.29 is 39.9 Å². The Balaban J connectivity index is 1.79. The number of carboxylic acids is 1. The molecule has 8 nitrogen and oxygen atoms in total. The zero-order valence-electron chi connectivity index (χ0n) is 13.8. The molecule has 1 saturated heterocycles. The van der Waals surface area contributed by atoms with E-state index in [1.807, 2.05) is 0 Å². The number of ketones is 1. The van der Waals surface area contributed by atoms with Crippen LogP contribution in [-0.4, -0.2) is 68.0 Å². The molecular formula is C17H18Cl2O8. The fraction of sp³-hybridized carbons (Fsp3) is 0.529. The van der Waals surface area contributed by atoms with Gasteiger partial charge in [0.2, 0.25) is 0 Å². The minimum absolute atomic E-state index is 0.00271. The number of Topliss-reactive ketones (excluding diaryl/α,β-unsaturated/α-hetero) is 1. The number of benzene rings is 1. The van der Waals surface area contributed by atoms with Gasteiger partial charge in [-0.3, -0.25) is 9.59 Å². The number of carbonyl (C=O) groups excluding carboxylic acids is 1. The second kappa shape index (κ2) is 7.29. The Bertz CT molecular complexity index is 771. The van der Waals surface area contributed by atoms with Crippen LogP contribution < -0.4 is 0 Å². The summed E-state index contributed by atoms with van der Waals surface area (Å²) in [6, 6.07) is 4.23. The van der Waals surface area contributed by atoms with Gasteiger partial charge in [0.1, 0.15) is 18.3 Å². The molecule has 0 radical (unpaired) electrons. The molecule has 3 rings (SSSR count). The molecular weight excluding hydrogens is 403 g/mol. The van der Waals surface area contributed by atoms with Crippen LogP contribution in [0.2, 0.25) is 10.0 Å². The molecule has 1 saturated carbocycles. The number of aliphatic carboxylic acids is 1. The molecule has 1 aromatic rings. The van der Waals surface area contributed by atoms with Crippen LogP contribution >= 0.6 is 23.2 Å². The average Bonchev–Trinajstić information content (AvgIpc) is 3.35. The highest BCUT2D eigenvalue weighted by Gasteiger charge is 2.65. The molecule has 7 atom stereocenters. The first kappa shape index (κ1) is 20.5. The van der Waals surface area contributed by atoms with Crippen LogP contribution in [0.3, 0.4) is 0 Å². The summed E-state index contributed by atoms with van der Waals surface area (Å²) < 4.78 is 5.06. The van der Waals surface area contributed by atoms with E-state index in [-0.39, 0.29) is 28.5 Å². The topological polar surface area (TPSA) is 145 Å². The summed E-state index contributed by atoms with van der Waals surface area (Å²) >= 11 is 11.7. The lowest BCUT2D eigenvalue weighted by Gasteiger charge is -2.39. The molecule has 5 N–H and O–H groups in total. The monoisotopic (exact) mass is 420 g/mol. The van der Waals surface area contributed by atoms with Gasteiger partial charge in [0.15, 0.2) is 12.1 Å². The van der Waals surface area contributed by atoms with Crippen molar-refractivity contribution in [1.82, 2.24) is 0 Å². The Morgan fingerprint density at radius 2 is 1.74 bits per heavy atom. The van der Waals surface area contributed by atoms with Crippen molar-refractivity contribution in [2.24, 2.45) is 11.3 Å². The fourth-order valence-electron chi connectivity index (χ4n) is 3.51. The van der Waals surface area contributed by atoms with E-state index >= 15 is 0 Å². The van der Waals surface area contributed by atoms with Crippen LogP contribution in [0.5, 0.6) is 0 Å². The number of halogens is 2. The van der Waals surface area contributed by atoms with Gasteiger partial charge < -0.3 is 30.3 Å². The second-order valence-electron chi connectivity index (χ2n) is 6.95. The predicted molar refractivity (Wildman–Crippen MR) is 92.5 cm³/mol. The van der Waals surface area contributed by atoms with E-state index in [2.05, 4.69) is 0 Å². The lowest BCUT2D eigenvalue weighted by atomic mass is 9.87. The summed E-state index contributed by atoms with van der Waals surface area (Å²) in [4.78, 5) is 24.5. The fourth-order valence-corrected chi connectivity index (χ4v) is 3.81. The summed E-state index contributed by atoms with van der Waals surface area (Å²) in [5.74, 6) is -2.58. The SMILES string of the molecule is O=C(c1ccc(Cl)c(Cl)c1)[C@H]1C[C@@]1(C[C@H]1O[C@H](O)[C@H](O)[C@@H](O)[C@H]1O)C(=O)O. The van der Waals surface area contributed by atoms with Gasteiger partial charge >= 0.3 is 5.97 Å². The maximum Gasteiger partial charge on any atom is 0.310 e. The molecule has 1 aliphatic heterocycles. The van der Waals surface area contributed by atoms with Crippen LogP contribution in [-0.2, 0) is 9.53 Å². The summed E-state index contributed by atoms with van der Waals surface area (Å²) in [7, 11) is 0. The van der Waals surface area contributed by atoms with E-state index in [0.717, 1.165) is 0 Å². The summed E-state index contributed by atoms with van der Waals surface area (Å²) in [6.07, 6.45) is -8.38. The van der Waals surface area contributed by atoms with Crippen molar-refractivity contribution in [3.05, 3.63) is 33.8 Å². The number of ether oxygens (including phenoxy) is 1. The largest absolute Gasteiger partial charge is 0.481 e. The smallest absolute Gasteiger partial charge is 0.310 e. The summed E-state index contributed by atoms with van der Waals surface area (Å²) in [5, 5.41) is 49.0. The average molecular weight is 421 g/mol. The Morgan fingerprint density at radius 3 is 2.33 bits per heavy atom.